The lowest BCUT2D eigenvalue weighted by molar-refractivity contribution is -0.114. The zero-order valence-corrected chi connectivity index (χ0v) is 13.2. The Morgan fingerprint density at radius 1 is 1.52 bits per heavy atom. The number of aliphatic hydroxyl groups excluding tert-OH is 2. The fourth-order valence-electron chi connectivity index (χ4n) is 2.23. The van der Waals surface area contributed by atoms with Crippen LogP contribution in [0.3, 0.4) is 0 Å². The summed E-state index contributed by atoms with van der Waals surface area (Å²) >= 11 is 0. The summed E-state index contributed by atoms with van der Waals surface area (Å²) in [6.45, 7) is -0.458. The Bertz CT molecular complexity index is 565. The number of ether oxygens (including phenoxy) is 1. The largest absolute Gasteiger partial charge is 0.472 e. The lowest BCUT2D eigenvalue weighted by Crippen LogP contribution is -2.40. The van der Waals surface area contributed by atoms with Crippen LogP contribution in [0.2, 0.25) is 0 Å². The van der Waals surface area contributed by atoms with Crippen molar-refractivity contribution in [2.24, 2.45) is 5.73 Å². The molecule has 0 spiro atoms. The zero-order valence-electron chi connectivity index (χ0n) is 12.3. The molecule has 2 rings (SSSR count). The molecule has 10 nitrogen and oxygen atoms in total. The number of phosphoric acid groups is 1. The van der Waals surface area contributed by atoms with Crippen LogP contribution in [0.5, 0.6) is 0 Å². The summed E-state index contributed by atoms with van der Waals surface area (Å²) in [7, 11) is -3.22. The lowest BCUT2D eigenvalue weighted by Gasteiger charge is -2.28. The quantitative estimate of drug-likeness (QED) is 0.432. The summed E-state index contributed by atoms with van der Waals surface area (Å²) in [5.41, 5.74) is 5.53. The number of nitrogens with zero attached hydrogens (tertiary/aromatic N) is 1. The number of primary amides is 1. The second-order valence-electron chi connectivity index (χ2n) is 5.05. The molecule has 0 saturated carbocycles. The van der Waals surface area contributed by atoms with Crippen molar-refractivity contribution in [3.05, 3.63) is 24.0 Å². The zero-order chi connectivity index (χ0) is 17.2. The average molecular weight is 350 g/mol. The van der Waals surface area contributed by atoms with E-state index in [1.54, 1.807) is 12.3 Å². The molecule has 5 N–H and O–H groups in total. The highest BCUT2D eigenvalue weighted by atomic mass is 31.2. The number of hydrogen-bond acceptors (Lipinski definition) is 8. The fraction of sp³-hybridized carbons (Fsp3) is 0.583. The molecule has 0 bridgehead atoms. The Labute approximate surface area is 132 Å². The van der Waals surface area contributed by atoms with Crippen LogP contribution in [0, 0.1) is 0 Å². The van der Waals surface area contributed by atoms with Crippen molar-refractivity contribution in [1.29, 1.82) is 0 Å². The molecule has 1 saturated heterocycles. The maximum atomic E-state index is 11.3. The topological polar surface area (TPSA) is 152 Å². The molecule has 23 heavy (non-hydrogen) atoms. The molecule has 0 radical (unpaired) electrons. The standard InChI is InChI=1S/C12H19N2O8P/c1-20-23(18,19)21-6-8-9(15)10(16)12(22-8)14-4-2-3-7(5-14)11(13)17/h2,4-5,8-10,12,15-16H,3,6H2,1H3,(H2,13,17)(H,18,19)/t8-,9-,10-,12-/m1/s1. The van der Waals surface area contributed by atoms with Gasteiger partial charge in [-0.15, -0.1) is 0 Å². The maximum absolute atomic E-state index is 11.3. The van der Waals surface area contributed by atoms with Gasteiger partial charge in [0.15, 0.2) is 6.23 Å². The second-order valence-corrected chi connectivity index (χ2v) is 6.61. The van der Waals surface area contributed by atoms with Gasteiger partial charge in [-0.3, -0.25) is 13.8 Å². The predicted molar refractivity (Wildman–Crippen MR) is 76.3 cm³/mol. The predicted octanol–water partition coefficient (Wildman–Crippen LogP) is -1.21. The highest BCUT2D eigenvalue weighted by Crippen LogP contribution is 2.42. The summed E-state index contributed by atoms with van der Waals surface area (Å²) in [5.74, 6) is -0.603. The van der Waals surface area contributed by atoms with E-state index in [4.69, 9.17) is 10.5 Å². The number of amides is 1. The molecule has 2 heterocycles. The van der Waals surface area contributed by atoms with E-state index in [1.807, 2.05) is 0 Å². The van der Waals surface area contributed by atoms with Gasteiger partial charge in [-0.1, -0.05) is 6.08 Å². The van der Waals surface area contributed by atoms with Crippen molar-refractivity contribution >= 4 is 13.7 Å². The van der Waals surface area contributed by atoms with Crippen LogP contribution >= 0.6 is 7.82 Å². The third-order valence-electron chi connectivity index (χ3n) is 3.50. The smallest absolute Gasteiger partial charge is 0.387 e. The third kappa shape index (κ3) is 4.18. The van der Waals surface area contributed by atoms with Gasteiger partial charge in [-0.05, 0) is 6.42 Å². The Kier molecular flexibility index (Phi) is 5.58. The third-order valence-corrected chi connectivity index (χ3v) is 4.44. The van der Waals surface area contributed by atoms with Gasteiger partial charge in [0, 0.05) is 25.1 Å². The Morgan fingerprint density at radius 2 is 2.22 bits per heavy atom. The number of nitrogens with two attached hydrogens (primary N) is 1. The van der Waals surface area contributed by atoms with E-state index in [-0.39, 0.29) is 0 Å². The first-order valence-electron chi connectivity index (χ1n) is 6.74. The van der Waals surface area contributed by atoms with Gasteiger partial charge in [0.05, 0.1) is 6.61 Å². The van der Waals surface area contributed by atoms with Gasteiger partial charge >= 0.3 is 7.82 Å². The molecule has 1 unspecified atom stereocenters. The summed E-state index contributed by atoms with van der Waals surface area (Å²) in [4.78, 5) is 21.8. The van der Waals surface area contributed by atoms with Crippen LogP contribution < -0.4 is 5.73 Å². The maximum Gasteiger partial charge on any atom is 0.472 e. The van der Waals surface area contributed by atoms with E-state index in [0.29, 0.717) is 12.0 Å². The van der Waals surface area contributed by atoms with Crippen LogP contribution in [0.1, 0.15) is 6.42 Å². The molecule has 2 aliphatic rings. The van der Waals surface area contributed by atoms with Gasteiger partial charge in [-0.25, -0.2) is 4.57 Å². The van der Waals surface area contributed by atoms with Crippen LogP contribution in [-0.4, -0.2) is 64.2 Å². The molecule has 2 aliphatic heterocycles. The molecular formula is C12H19N2O8P. The molecule has 0 aromatic heterocycles. The van der Waals surface area contributed by atoms with Crippen LogP contribution in [0.25, 0.3) is 0 Å². The Hall–Kier alpha value is -1.26. The van der Waals surface area contributed by atoms with Crippen molar-refractivity contribution < 1.29 is 38.3 Å². The number of rotatable bonds is 6. The van der Waals surface area contributed by atoms with Crippen molar-refractivity contribution in [3.8, 4) is 0 Å². The number of phosphoric ester groups is 1. The van der Waals surface area contributed by atoms with E-state index in [2.05, 4.69) is 9.05 Å². The Balaban J connectivity index is 2.05. The van der Waals surface area contributed by atoms with Crippen molar-refractivity contribution in [1.82, 2.24) is 4.90 Å². The van der Waals surface area contributed by atoms with Crippen LogP contribution in [0.4, 0.5) is 0 Å². The summed E-state index contributed by atoms with van der Waals surface area (Å²) in [6.07, 6.45) is 0.275. The highest BCUT2D eigenvalue weighted by molar-refractivity contribution is 7.47. The molecule has 11 heteroatoms. The minimum Gasteiger partial charge on any atom is -0.387 e. The van der Waals surface area contributed by atoms with E-state index in [9.17, 15) is 24.5 Å². The van der Waals surface area contributed by atoms with Crippen LogP contribution in [0.15, 0.2) is 24.0 Å². The van der Waals surface area contributed by atoms with Gasteiger partial charge < -0.3 is 30.5 Å². The van der Waals surface area contributed by atoms with Crippen LogP contribution in [-0.2, 0) is 23.1 Å². The van der Waals surface area contributed by atoms with Crippen molar-refractivity contribution in [2.75, 3.05) is 13.7 Å². The number of carbonyl (C=O) groups is 1. The second kappa shape index (κ2) is 7.10. The number of carbonyl (C=O) groups excluding carboxylic acids is 1. The van der Waals surface area contributed by atoms with Gasteiger partial charge in [0.25, 0.3) is 0 Å². The normalized spacial score (nSPS) is 33.4. The number of allylic oxidation sites excluding steroid dienone is 1. The van der Waals surface area contributed by atoms with Gasteiger partial charge in [0.1, 0.15) is 18.3 Å². The molecule has 1 amide bonds. The van der Waals surface area contributed by atoms with E-state index in [0.717, 1.165) is 7.11 Å². The summed E-state index contributed by atoms with van der Waals surface area (Å²) < 4.78 is 25.6. The number of hydrogen-bond donors (Lipinski definition) is 4. The summed E-state index contributed by atoms with van der Waals surface area (Å²) in [6, 6.07) is 0. The molecule has 0 aliphatic carbocycles. The SMILES string of the molecule is COP(=O)(O)OC[C@H]1O[C@@H](N2C=CCC(C(N)=O)=C2)[C@H](O)[C@@H]1O. The molecule has 130 valence electrons. The Morgan fingerprint density at radius 3 is 2.83 bits per heavy atom. The fourth-order valence-corrected chi connectivity index (χ4v) is 2.67. The first kappa shape index (κ1) is 18.1. The van der Waals surface area contributed by atoms with E-state index < -0.39 is 44.9 Å². The molecule has 0 aromatic carbocycles. The van der Waals surface area contributed by atoms with Gasteiger partial charge in [0.2, 0.25) is 5.91 Å². The van der Waals surface area contributed by atoms with E-state index >= 15 is 0 Å². The first-order valence-corrected chi connectivity index (χ1v) is 8.24. The molecule has 0 aromatic rings. The minimum atomic E-state index is -4.22. The monoisotopic (exact) mass is 350 g/mol. The molecular weight excluding hydrogens is 331 g/mol. The average Bonchev–Trinajstić information content (AvgIpc) is 2.81. The van der Waals surface area contributed by atoms with Gasteiger partial charge in [-0.2, -0.15) is 0 Å². The van der Waals surface area contributed by atoms with Crippen molar-refractivity contribution in [2.45, 2.75) is 31.0 Å². The molecule has 1 fully saturated rings. The summed E-state index contributed by atoms with van der Waals surface area (Å²) in [5, 5.41) is 20.1. The highest BCUT2D eigenvalue weighted by Gasteiger charge is 2.45. The molecule has 5 atom stereocenters. The lowest BCUT2D eigenvalue weighted by atomic mass is 10.1. The first-order chi connectivity index (χ1) is 10.7. The van der Waals surface area contributed by atoms with Crippen molar-refractivity contribution in [3.63, 3.8) is 0 Å². The van der Waals surface area contributed by atoms with E-state index in [1.165, 1.54) is 11.1 Å². The number of aliphatic hydroxyl groups is 2. The minimum absolute atomic E-state index is 0.316.